The van der Waals surface area contributed by atoms with Gasteiger partial charge in [-0.2, -0.15) is 0 Å². The molecule has 0 radical (unpaired) electrons. The van der Waals surface area contributed by atoms with Crippen molar-refractivity contribution in [2.45, 2.75) is 32.8 Å². The van der Waals surface area contributed by atoms with Crippen LogP contribution in [0, 0.1) is 0 Å². The van der Waals surface area contributed by atoms with Crippen LogP contribution in [0.15, 0.2) is 36.4 Å². The van der Waals surface area contributed by atoms with Gasteiger partial charge in [-0.25, -0.2) is 4.79 Å². The molecule has 6 nitrogen and oxygen atoms in total. The number of carbonyl (C=O) groups is 2. The van der Waals surface area contributed by atoms with E-state index in [4.69, 9.17) is 26.8 Å². The van der Waals surface area contributed by atoms with E-state index in [1.54, 1.807) is 0 Å². The first kappa shape index (κ1) is 20.6. The highest BCUT2D eigenvalue weighted by atomic mass is 35.5. The Labute approximate surface area is 163 Å². The molecule has 27 heavy (non-hydrogen) atoms. The van der Waals surface area contributed by atoms with Crippen molar-refractivity contribution in [2.24, 2.45) is 0 Å². The number of methoxy groups -OCH3 is 1. The molecule has 2 aromatic carbocycles. The summed E-state index contributed by atoms with van der Waals surface area (Å²) in [6.45, 7) is 5.67. The van der Waals surface area contributed by atoms with Crippen LogP contribution in [0.2, 0.25) is 5.02 Å². The van der Waals surface area contributed by atoms with Crippen molar-refractivity contribution < 1.29 is 19.1 Å². The van der Waals surface area contributed by atoms with E-state index in [2.05, 4.69) is 19.2 Å². The van der Waals surface area contributed by atoms with Crippen LogP contribution in [0.5, 0.6) is 5.75 Å². The van der Waals surface area contributed by atoms with Gasteiger partial charge in [0.05, 0.1) is 17.8 Å². The highest BCUT2D eigenvalue weighted by Crippen LogP contribution is 2.29. The predicted octanol–water partition coefficient (Wildman–Crippen LogP) is 4.24. The first-order valence-electron chi connectivity index (χ1n) is 8.47. The fourth-order valence-corrected chi connectivity index (χ4v) is 2.53. The van der Waals surface area contributed by atoms with Crippen LogP contribution < -0.4 is 15.8 Å². The molecule has 0 aliphatic carbocycles. The largest absolute Gasteiger partial charge is 0.496 e. The molecule has 0 heterocycles. The zero-order chi connectivity index (χ0) is 20.1. The third-order valence-electron chi connectivity index (χ3n) is 4.04. The molecule has 0 aliphatic heterocycles. The van der Waals surface area contributed by atoms with Gasteiger partial charge in [0, 0.05) is 11.8 Å². The Balaban J connectivity index is 2.05. The highest BCUT2D eigenvalue weighted by molar-refractivity contribution is 6.33. The highest BCUT2D eigenvalue weighted by Gasteiger charge is 2.22. The zero-order valence-electron chi connectivity index (χ0n) is 15.7. The lowest BCUT2D eigenvalue weighted by Gasteiger charge is -2.16. The van der Waals surface area contributed by atoms with Crippen LogP contribution in [0.25, 0.3) is 0 Å². The second kappa shape index (κ2) is 8.77. The van der Waals surface area contributed by atoms with Gasteiger partial charge in [-0.05, 0) is 36.6 Å². The van der Waals surface area contributed by atoms with Crippen LogP contribution in [0.4, 0.5) is 11.4 Å². The molecule has 0 unspecified atom stereocenters. The van der Waals surface area contributed by atoms with Gasteiger partial charge in [0.1, 0.15) is 11.3 Å². The molecule has 1 atom stereocenters. The summed E-state index contributed by atoms with van der Waals surface area (Å²) in [7, 11) is 1.40. The van der Waals surface area contributed by atoms with Crippen LogP contribution in [0.1, 0.15) is 42.6 Å². The summed E-state index contributed by atoms with van der Waals surface area (Å²) >= 11 is 5.96. The number of halogens is 1. The molecular formula is C20H23ClN2O4. The number of anilines is 2. The number of nitrogen functional groups attached to an aromatic ring is 1. The molecule has 2 aromatic rings. The van der Waals surface area contributed by atoms with Crippen molar-refractivity contribution in [3.63, 3.8) is 0 Å². The van der Waals surface area contributed by atoms with Crippen LogP contribution in [-0.2, 0) is 9.53 Å². The monoisotopic (exact) mass is 390 g/mol. The van der Waals surface area contributed by atoms with Gasteiger partial charge in [0.2, 0.25) is 0 Å². The van der Waals surface area contributed by atoms with E-state index in [1.807, 2.05) is 24.3 Å². The summed E-state index contributed by atoms with van der Waals surface area (Å²) in [4.78, 5) is 24.7. The number of carbonyl (C=O) groups excluding carboxylic acids is 2. The minimum absolute atomic E-state index is 0.0950. The van der Waals surface area contributed by atoms with Crippen molar-refractivity contribution in [3.05, 3.63) is 52.5 Å². The van der Waals surface area contributed by atoms with Gasteiger partial charge >= 0.3 is 5.97 Å². The van der Waals surface area contributed by atoms with Gasteiger partial charge in [0.15, 0.2) is 6.10 Å². The van der Waals surface area contributed by atoms with E-state index in [0.717, 1.165) is 0 Å². The maximum Gasteiger partial charge on any atom is 0.342 e. The molecule has 0 saturated heterocycles. The van der Waals surface area contributed by atoms with E-state index in [9.17, 15) is 9.59 Å². The van der Waals surface area contributed by atoms with Crippen molar-refractivity contribution in [1.82, 2.24) is 0 Å². The van der Waals surface area contributed by atoms with Crippen molar-refractivity contribution in [1.29, 1.82) is 0 Å². The third kappa shape index (κ3) is 5.14. The summed E-state index contributed by atoms with van der Waals surface area (Å²) in [6, 6.07) is 10.3. The Kier molecular flexibility index (Phi) is 6.69. The average Bonchev–Trinajstić information content (AvgIpc) is 2.63. The third-order valence-corrected chi connectivity index (χ3v) is 4.36. The minimum Gasteiger partial charge on any atom is -0.496 e. The van der Waals surface area contributed by atoms with E-state index in [-0.39, 0.29) is 22.0 Å². The average molecular weight is 391 g/mol. The standard InChI is InChI=1S/C20H23ClN2O4/c1-11(2)13-5-7-14(8-6-13)23-19(24)12(3)27-20(25)15-9-16(21)17(22)10-18(15)26-4/h5-12H,22H2,1-4H3,(H,23,24)/t12-/m0/s1. The smallest absolute Gasteiger partial charge is 0.342 e. The summed E-state index contributed by atoms with van der Waals surface area (Å²) < 4.78 is 10.4. The molecule has 2 rings (SSSR count). The second-order valence-corrected chi connectivity index (χ2v) is 6.79. The molecule has 0 aliphatic rings. The number of esters is 1. The maximum absolute atomic E-state index is 12.4. The number of hydrogen-bond donors (Lipinski definition) is 2. The van der Waals surface area contributed by atoms with Gasteiger partial charge in [-0.15, -0.1) is 0 Å². The Morgan fingerprint density at radius 3 is 2.30 bits per heavy atom. The summed E-state index contributed by atoms with van der Waals surface area (Å²) in [6.07, 6.45) is -1.01. The van der Waals surface area contributed by atoms with Gasteiger partial charge in [0.25, 0.3) is 5.91 Å². The first-order valence-corrected chi connectivity index (χ1v) is 8.85. The number of rotatable bonds is 6. The Hall–Kier alpha value is -2.73. The maximum atomic E-state index is 12.4. The van der Waals surface area contributed by atoms with E-state index in [1.165, 1.54) is 31.7 Å². The second-order valence-electron chi connectivity index (χ2n) is 6.39. The number of nitrogens with one attached hydrogen (secondary N) is 1. The molecule has 1 amide bonds. The number of nitrogens with two attached hydrogens (primary N) is 1. The van der Waals surface area contributed by atoms with Gasteiger partial charge in [-0.3, -0.25) is 4.79 Å². The molecule has 0 bridgehead atoms. The summed E-state index contributed by atoms with van der Waals surface area (Å²) in [5, 5.41) is 2.92. The molecule has 144 valence electrons. The molecule has 0 spiro atoms. The first-order chi connectivity index (χ1) is 12.7. The Morgan fingerprint density at radius 2 is 1.74 bits per heavy atom. The molecule has 0 aromatic heterocycles. The normalized spacial score (nSPS) is 11.8. The molecule has 7 heteroatoms. The molecule has 3 N–H and O–H groups in total. The Bertz CT molecular complexity index is 835. The summed E-state index contributed by atoms with van der Waals surface area (Å²) in [5.74, 6) is -0.553. The summed E-state index contributed by atoms with van der Waals surface area (Å²) in [5.41, 5.74) is 7.87. The minimum atomic E-state index is -1.01. The fourth-order valence-electron chi connectivity index (χ4n) is 2.37. The Morgan fingerprint density at radius 1 is 1.11 bits per heavy atom. The number of benzene rings is 2. The van der Waals surface area contributed by atoms with Gasteiger partial charge < -0.3 is 20.5 Å². The van der Waals surface area contributed by atoms with E-state index >= 15 is 0 Å². The zero-order valence-corrected chi connectivity index (χ0v) is 16.5. The van der Waals surface area contributed by atoms with Crippen molar-refractivity contribution >= 4 is 34.9 Å². The number of hydrogen-bond acceptors (Lipinski definition) is 5. The molecular weight excluding hydrogens is 368 g/mol. The molecule has 0 fully saturated rings. The van der Waals surface area contributed by atoms with Crippen LogP contribution in [-0.4, -0.2) is 25.1 Å². The quantitative estimate of drug-likeness (QED) is 0.568. The number of ether oxygens (including phenoxy) is 2. The lowest BCUT2D eigenvalue weighted by Crippen LogP contribution is -2.30. The predicted molar refractivity (Wildman–Crippen MR) is 106 cm³/mol. The van der Waals surface area contributed by atoms with E-state index < -0.39 is 18.0 Å². The fraction of sp³-hybridized carbons (Fsp3) is 0.300. The van der Waals surface area contributed by atoms with Gasteiger partial charge in [-0.1, -0.05) is 37.6 Å². The lowest BCUT2D eigenvalue weighted by atomic mass is 10.0. The lowest BCUT2D eigenvalue weighted by molar-refractivity contribution is -0.123. The number of amides is 1. The van der Waals surface area contributed by atoms with Crippen molar-refractivity contribution in [2.75, 3.05) is 18.2 Å². The van der Waals surface area contributed by atoms with E-state index in [0.29, 0.717) is 11.6 Å². The van der Waals surface area contributed by atoms with Crippen molar-refractivity contribution in [3.8, 4) is 5.75 Å². The van der Waals surface area contributed by atoms with Crippen LogP contribution in [0.3, 0.4) is 0 Å². The molecule has 0 saturated carbocycles. The topological polar surface area (TPSA) is 90.7 Å². The van der Waals surface area contributed by atoms with Crippen LogP contribution >= 0.6 is 11.6 Å². The SMILES string of the molecule is COc1cc(N)c(Cl)cc1C(=O)O[C@@H](C)C(=O)Nc1ccc(C(C)C)cc1.